The first-order valence-electron chi connectivity index (χ1n) is 5.58. The second-order valence-corrected chi connectivity index (χ2v) is 6.50. The van der Waals surface area contributed by atoms with E-state index in [1.807, 2.05) is 16.7 Å². The van der Waals surface area contributed by atoms with Gasteiger partial charge in [0.2, 0.25) is 5.91 Å². The molecule has 1 amide bonds. The first-order chi connectivity index (χ1) is 7.46. The molecule has 90 valence electrons. The highest BCUT2D eigenvalue weighted by Crippen LogP contribution is 2.30. The van der Waals surface area contributed by atoms with E-state index in [0.717, 1.165) is 25.3 Å². The first kappa shape index (κ1) is 13.4. The normalized spacial score (nSPS) is 22.0. The van der Waals surface area contributed by atoms with Gasteiger partial charge in [0.05, 0.1) is 6.04 Å². The SMILES string of the molecule is C#CCC(N)C(=O)N1CCSC(C)(C)CC1. The van der Waals surface area contributed by atoms with Gasteiger partial charge in [0.25, 0.3) is 0 Å². The number of nitrogens with zero attached hydrogens (tertiary/aromatic N) is 1. The molecule has 0 aliphatic carbocycles. The Morgan fingerprint density at radius 2 is 2.31 bits per heavy atom. The van der Waals surface area contributed by atoms with Gasteiger partial charge in [0, 0.05) is 30.0 Å². The molecule has 0 spiro atoms. The highest BCUT2D eigenvalue weighted by Gasteiger charge is 2.27. The Morgan fingerprint density at radius 3 is 2.94 bits per heavy atom. The fourth-order valence-corrected chi connectivity index (χ4v) is 2.79. The third-order valence-electron chi connectivity index (χ3n) is 2.80. The van der Waals surface area contributed by atoms with Crippen molar-refractivity contribution in [3.05, 3.63) is 0 Å². The van der Waals surface area contributed by atoms with Gasteiger partial charge in [-0.05, 0) is 6.42 Å². The second-order valence-electron chi connectivity index (χ2n) is 4.70. The lowest BCUT2D eigenvalue weighted by molar-refractivity contribution is -0.132. The largest absolute Gasteiger partial charge is 0.340 e. The highest BCUT2D eigenvalue weighted by molar-refractivity contribution is 8.00. The summed E-state index contributed by atoms with van der Waals surface area (Å²) in [4.78, 5) is 13.8. The Morgan fingerprint density at radius 1 is 1.62 bits per heavy atom. The molecule has 3 nitrogen and oxygen atoms in total. The first-order valence-corrected chi connectivity index (χ1v) is 6.56. The van der Waals surface area contributed by atoms with Crippen LogP contribution in [-0.2, 0) is 4.79 Å². The summed E-state index contributed by atoms with van der Waals surface area (Å²) in [5.74, 6) is 3.41. The van der Waals surface area contributed by atoms with Gasteiger partial charge in [0.1, 0.15) is 0 Å². The third-order valence-corrected chi connectivity index (χ3v) is 4.18. The molecule has 1 atom stereocenters. The molecule has 1 aliphatic rings. The molecule has 0 aromatic rings. The van der Waals surface area contributed by atoms with Crippen molar-refractivity contribution < 1.29 is 4.79 Å². The van der Waals surface area contributed by atoms with E-state index in [0.29, 0.717) is 6.42 Å². The maximum absolute atomic E-state index is 11.9. The van der Waals surface area contributed by atoms with Crippen LogP contribution in [0.25, 0.3) is 0 Å². The molecule has 1 unspecified atom stereocenters. The zero-order chi connectivity index (χ0) is 12.2. The summed E-state index contributed by atoms with van der Waals surface area (Å²) in [6.45, 7) is 6.00. The minimum atomic E-state index is -0.531. The van der Waals surface area contributed by atoms with E-state index in [9.17, 15) is 4.79 Å². The molecule has 1 rings (SSSR count). The molecular weight excluding hydrogens is 220 g/mol. The summed E-state index contributed by atoms with van der Waals surface area (Å²) in [6, 6.07) is -0.531. The molecule has 0 radical (unpaired) electrons. The van der Waals surface area contributed by atoms with E-state index >= 15 is 0 Å². The van der Waals surface area contributed by atoms with Gasteiger partial charge < -0.3 is 10.6 Å². The smallest absolute Gasteiger partial charge is 0.240 e. The summed E-state index contributed by atoms with van der Waals surface area (Å²) >= 11 is 1.91. The van der Waals surface area contributed by atoms with Crippen molar-refractivity contribution in [2.24, 2.45) is 5.73 Å². The molecule has 1 saturated heterocycles. The van der Waals surface area contributed by atoms with Crippen LogP contribution in [-0.4, -0.2) is 40.4 Å². The highest BCUT2D eigenvalue weighted by atomic mass is 32.2. The number of terminal acetylenes is 1. The average Bonchev–Trinajstić information content (AvgIpc) is 2.39. The van der Waals surface area contributed by atoms with Crippen molar-refractivity contribution in [1.29, 1.82) is 0 Å². The van der Waals surface area contributed by atoms with Crippen molar-refractivity contribution >= 4 is 17.7 Å². The molecule has 1 fully saturated rings. The fraction of sp³-hybridized carbons (Fsp3) is 0.750. The molecule has 1 aliphatic heterocycles. The van der Waals surface area contributed by atoms with Crippen molar-refractivity contribution in [2.75, 3.05) is 18.8 Å². The van der Waals surface area contributed by atoms with E-state index in [-0.39, 0.29) is 10.7 Å². The molecule has 0 bridgehead atoms. The third kappa shape index (κ3) is 3.73. The van der Waals surface area contributed by atoms with Crippen LogP contribution in [0, 0.1) is 12.3 Å². The van der Waals surface area contributed by atoms with Crippen molar-refractivity contribution in [1.82, 2.24) is 4.90 Å². The van der Waals surface area contributed by atoms with E-state index in [1.54, 1.807) is 0 Å². The van der Waals surface area contributed by atoms with Gasteiger partial charge in [-0.2, -0.15) is 11.8 Å². The van der Waals surface area contributed by atoms with Gasteiger partial charge in [-0.25, -0.2) is 0 Å². The lowest BCUT2D eigenvalue weighted by Crippen LogP contribution is -2.44. The van der Waals surface area contributed by atoms with Crippen molar-refractivity contribution in [3.63, 3.8) is 0 Å². The van der Waals surface area contributed by atoms with Crippen LogP contribution in [0.4, 0.5) is 0 Å². The summed E-state index contributed by atoms with van der Waals surface area (Å²) < 4.78 is 0.255. The van der Waals surface area contributed by atoms with Crippen LogP contribution in [0.2, 0.25) is 0 Å². The summed E-state index contributed by atoms with van der Waals surface area (Å²) in [6.07, 6.45) is 6.50. The minimum absolute atomic E-state index is 0.00347. The van der Waals surface area contributed by atoms with Gasteiger partial charge in [-0.1, -0.05) is 13.8 Å². The number of carbonyl (C=O) groups is 1. The average molecular weight is 240 g/mol. The van der Waals surface area contributed by atoms with Crippen LogP contribution in [0.15, 0.2) is 0 Å². The van der Waals surface area contributed by atoms with Gasteiger partial charge in [0.15, 0.2) is 0 Å². The van der Waals surface area contributed by atoms with E-state index < -0.39 is 6.04 Å². The summed E-state index contributed by atoms with van der Waals surface area (Å²) in [5.41, 5.74) is 5.74. The van der Waals surface area contributed by atoms with Crippen LogP contribution >= 0.6 is 11.8 Å². The van der Waals surface area contributed by atoms with Crippen LogP contribution < -0.4 is 5.73 Å². The fourth-order valence-electron chi connectivity index (χ4n) is 1.69. The number of rotatable bonds is 2. The van der Waals surface area contributed by atoms with Crippen LogP contribution in [0.1, 0.15) is 26.7 Å². The Bertz CT molecular complexity index is 296. The molecule has 0 aromatic carbocycles. The number of thioether (sulfide) groups is 1. The van der Waals surface area contributed by atoms with Gasteiger partial charge in [-0.15, -0.1) is 12.3 Å². The van der Waals surface area contributed by atoms with Gasteiger partial charge in [-0.3, -0.25) is 4.79 Å². The minimum Gasteiger partial charge on any atom is -0.340 e. The standard InChI is InChI=1S/C12H20N2OS/c1-4-5-10(13)11(15)14-7-6-12(2,3)16-9-8-14/h1,10H,5-9,13H2,2-3H3. The predicted molar refractivity (Wildman–Crippen MR) is 69.2 cm³/mol. The zero-order valence-electron chi connectivity index (χ0n) is 10.0. The monoisotopic (exact) mass is 240 g/mol. The number of amides is 1. The Hall–Kier alpha value is -0.660. The lowest BCUT2D eigenvalue weighted by Gasteiger charge is -2.24. The maximum Gasteiger partial charge on any atom is 0.240 e. The molecule has 1 heterocycles. The molecule has 0 saturated carbocycles. The Kier molecular flexibility index (Phi) is 4.69. The number of hydrogen-bond acceptors (Lipinski definition) is 3. The number of nitrogens with two attached hydrogens (primary N) is 1. The van der Waals surface area contributed by atoms with Crippen LogP contribution in [0.5, 0.6) is 0 Å². The molecule has 0 aromatic heterocycles. The van der Waals surface area contributed by atoms with Crippen molar-refractivity contribution in [2.45, 2.75) is 37.5 Å². The molecule has 4 heteroatoms. The number of hydrogen-bond donors (Lipinski definition) is 1. The van der Waals surface area contributed by atoms with Gasteiger partial charge >= 0.3 is 0 Å². The van der Waals surface area contributed by atoms with E-state index in [1.165, 1.54) is 0 Å². The zero-order valence-corrected chi connectivity index (χ0v) is 10.8. The van der Waals surface area contributed by atoms with E-state index in [2.05, 4.69) is 19.8 Å². The molecule has 2 N–H and O–H groups in total. The summed E-state index contributed by atoms with van der Waals surface area (Å²) in [5, 5.41) is 0. The second kappa shape index (κ2) is 5.60. The topological polar surface area (TPSA) is 46.3 Å². The van der Waals surface area contributed by atoms with Crippen molar-refractivity contribution in [3.8, 4) is 12.3 Å². The van der Waals surface area contributed by atoms with E-state index in [4.69, 9.17) is 12.2 Å². The molecule has 16 heavy (non-hydrogen) atoms. The summed E-state index contributed by atoms with van der Waals surface area (Å²) in [7, 11) is 0. The predicted octanol–water partition coefficient (Wildman–Crippen LogP) is 1.08. The van der Waals surface area contributed by atoms with Crippen LogP contribution in [0.3, 0.4) is 0 Å². The number of carbonyl (C=O) groups excluding carboxylic acids is 1. The lowest BCUT2D eigenvalue weighted by atomic mass is 10.1. The Labute approximate surface area is 102 Å². The maximum atomic E-state index is 11.9. The quantitative estimate of drug-likeness (QED) is 0.735. The molecular formula is C12H20N2OS. The Balaban J connectivity index is 2.55.